The van der Waals surface area contributed by atoms with Crippen molar-refractivity contribution in [3.8, 4) is 40.1 Å². The quantitative estimate of drug-likeness (QED) is 0.416. The van der Waals surface area contributed by atoms with Gasteiger partial charge in [0, 0.05) is 11.1 Å². The second-order valence-electron chi connectivity index (χ2n) is 5.95. The molecule has 1 aromatic heterocycles. The van der Waals surface area contributed by atoms with Gasteiger partial charge in [0.1, 0.15) is 0 Å². The Kier molecular flexibility index (Phi) is 6.58. The zero-order valence-electron chi connectivity index (χ0n) is 17.0. The fraction of sp³-hybridized carbons (Fsp3) is 0.250. The van der Waals surface area contributed by atoms with Gasteiger partial charge in [0.05, 0.1) is 34.2 Å². The summed E-state index contributed by atoms with van der Waals surface area (Å²) in [6.45, 7) is 2.28. The Labute approximate surface area is 178 Å². The van der Waals surface area contributed by atoms with E-state index in [1.807, 2.05) is 6.92 Å². The van der Waals surface area contributed by atoms with Crippen LogP contribution in [0, 0.1) is 4.77 Å². The van der Waals surface area contributed by atoms with Crippen molar-refractivity contribution >= 4 is 18.4 Å². The van der Waals surface area contributed by atoms with E-state index in [0.29, 0.717) is 46.6 Å². The first-order valence-corrected chi connectivity index (χ1v) is 9.41. The van der Waals surface area contributed by atoms with Crippen molar-refractivity contribution in [1.29, 1.82) is 0 Å². The molecule has 10 heteroatoms. The molecule has 0 saturated carbocycles. The van der Waals surface area contributed by atoms with E-state index in [-0.39, 0.29) is 10.5 Å². The molecule has 0 bridgehead atoms. The van der Waals surface area contributed by atoms with E-state index in [9.17, 15) is 5.11 Å². The van der Waals surface area contributed by atoms with Crippen molar-refractivity contribution in [3.05, 3.63) is 40.7 Å². The minimum atomic E-state index is -0.00699. The predicted molar refractivity (Wildman–Crippen MR) is 115 cm³/mol. The van der Waals surface area contributed by atoms with E-state index in [2.05, 4.69) is 15.3 Å². The van der Waals surface area contributed by atoms with Gasteiger partial charge in [0.25, 0.3) is 0 Å². The van der Waals surface area contributed by atoms with Crippen molar-refractivity contribution in [2.24, 2.45) is 5.10 Å². The Morgan fingerprint density at radius 1 is 1.13 bits per heavy atom. The number of benzene rings is 2. The molecule has 30 heavy (non-hydrogen) atoms. The molecule has 158 valence electrons. The topological polar surface area (TPSA) is 103 Å². The normalized spacial score (nSPS) is 10.9. The van der Waals surface area contributed by atoms with E-state index in [4.69, 9.17) is 31.2 Å². The number of H-pyrrole nitrogens is 1. The molecule has 0 unspecified atom stereocenters. The fourth-order valence-electron chi connectivity index (χ4n) is 2.83. The molecule has 0 aliphatic rings. The van der Waals surface area contributed by atoms with Crippen molar-refractivity contribution in [2.75, 3.05) is 27.9 Å². The molecule has 0 aliphatic heterocycles. The van der Waals surface area contributed by atoms with Crippen LogP contribution >= 0.6 is 12.2 Å². The van der Waals surface area contributed by atoms with Crippen LogP contribution in [0.4, 0.5) is 0 Å². The molecule has 0 amide bonds. The summed E-state index contributed by atoms with van der Waals surface area (Å²) >= 11 is 5.32. The van der Waals surface area contributed by atoms with Crippen molar-refractivity contribution in [2.45, 2.75) is 6.92 Å². The second-order valence-corrected chi connectivity index (χ2v) is 6.34. The van der Waals surface area contributed by atoms with Gasteiger partial charge in [0.2, 0.25) is 10.5 Å². The number of aromatic nitrogens is 3. The van der Waals surface area contributed by atoms with Crippen molar-refractivity contribution in [1.82, 2.24) is 14.9 Å². The molecule has 2 aromatic carbocycles. The summed E-state index contributed by atoms with van der Waals surface area (Å²) in [6, 6.07) is 8.64. The largest absolute Gasteiger partial charge is 0.504 e. The number of rotatable bonds is 8. The zero-order chi connectivity index (χ0) is 21.7. The van der Waals surface area contributed by atoms with Gasteiger partial charge in [-0.2, -0.15) is 14.9 Å². The molecule has 2 N–H and O–H groups in total. The van der Waals surface area contributed by atoms with E-state index in [1.54, 1.807) is 30.3 Å². The number of para-hydroxylation sites is 1. The van der Waals surface area contributed by atoms with Crippen LogP contribution in [0.5, 0.6) is 28.7 Å². The first-order chi connectivity index (χ1) is 14.5. The monoisotopic (exact) mass is 430 g/mol. The summed E-state index contributed by atoms with van der Waals surface area (Å²) < 4.78 is 23.3. The van der Waals surface area contributed by atoms with Crippen LogP contribution in [0.3, 0.4) is 0 Å². The molecule has 0 radical (unpaired) electrons. The number of aromatic hydroxyl groups is 1. The summed E-state index contributed by atoms with van der Waals surface area (Å²) in [4.78, 5) is 0. The van der Waals surface area contributed by atoms with Gasteiger partial charge >= 0.3 is 0 Å². The third kappa shape index (κ3) is 4.08. The Morgan fingerprint density at radius 3 is 2.43 bits per heavy atom. The number of methoxy groups -OCH3 is 3. The van der Waals surface area contributed by atoms with Gasteiger partial charge in [-0.05, 0) is 43.4 Å². The Bertz CT molecular complexity index is 1100. The highest BCUT2D eigenvalue weighted by Crippen LogP contribution is 2.40. The first kappa shape index (κ1) is 21.2. The molecule has 9 nitrogen and oxygen atoms in total. The summed E-state index contributed by atoms with van der Waals surface area (Å²) in [6.07, 6.45) is 1.48. The molecule has 3 rings (SSSR count). The van der Waals surface area contributed by atoms with Crippen LogP contribution in [-0.4, -0.2) is 54.1 Å². The van der Waals surface area contributed by atoms with Crippen molar-refractivity contribution < 1.29 is 24.1 Å². The maximum Gasteiger partial charge on any atom is 0.216 e. The fourth-order valence-corrected chi connectivity index (χ4v) is 3.01. The number of nitrogens with one attached hydrogen (secondary N) is 1. The number of ether oxygens (including phenoxy) is 4. The predicted octanol–water partition coefficient (Wildman–Crippen LogP) is 3.62. The number of phenolic OH excluding ortho intramolecular Hbond substituents is 1. The molecular weight excluding hydrogens is 408 g/mol. The molecule has 1 heterocycles. The highest BCUT2D eigenvalue weighted by molar-refractivity contribution is 7.71. The molecular formula is C20H22N4O5S. The second kappa shape index (κ2) is 9.31. The highest BCUT2D eigenvalue weighted by Gasteiger charge is 2.17. The number of hydrogen-bond donors (Lipinski definition) is 2. The maximum absolute atomic E-state index is 10.4. The Morgan fingerprint density at radius 2 is 1.83 bits per heavy atom. The summed E-state index contributed by atoms with van der Waals surface area (Å²) in [7, 11) is 4.60. The minimum absolute atomic E-state index is 0.00699. The van der Waals surface area contributed by atoms with Gasteiger partial charge < -0.3 is 24.1 Å². The van der Waals surface area contributed by atoms with Crippen LogP contribution in [0.1, 0.15) is 12.5 Å². The molecule has 0 atom stereocenters. The SMILES string of the molecule is CCOc1cccc(/C=N\n2c(-c3cc(OC)c(OC)c(OC)c3)n[nH]c2=S)c1O. The average molecular weight is 430 g/mol. The van der Waals surface area contributed by atoms with E-state index in [0.717, 1.165) is 0 Å². The first-order valence-electron chi connectivity index (χ1n) is 9.00. The van der Waals surface area contributed by atoms with E-state index in [1.165, 1.54) is 32.2 Å². The van der Waals surface area contributed by atoms with Crippen LogP contribution in [0.15, 0.2) is 35.4 Å². The van der Waals surface area contributed by atoms with E-state index >= 15 is 0 Å². The van der Waals surface area contributed by atoms with Crippen molar-refractivity contribution in [3.63, 3.8) is 0 Å². The number of hydrogen-bond acceptors (Lipinski definition) is 8. The molecule has 3 aromatic rings. The van der Waals surface area contributed by atoms with Crippen LogP contribution < -0.4 is 18.9 Å². The number of phenols is 1. The molecule has 0 aliphatic carbocycles. The summed E-state index contributed by atoms with van der Waals surface area (Å²) in [5.74, 6) is 2.20. The molecule has 0 spiro atoms. The standard InChI is InChI=1S/C20H22N4O5S/c1-5-29-14-8-6-7-12(17(14)25)11-21-24-19(22-23-20(24)30)13-9-15(26-2)18(28-4)16(10-13)27-3/h6-11,25H,5H2,1-4H3,(H,23,30)/b21-11-. The third-order valence-corrected chi connectivity index (χ3v) is 4.48. The molecule has 0 fully saturated rings. The summed E-state index contributed by atoms with van der Waals surface area (Å²) in [5, 5.41) is 21.8. The van der Waals surface area contributed by atoms with Crippen LogP contribution in [0.25, 0.3) is 11.4 Å². The lowest BCUT2D eigenvalue weighted by molar-refractivity contribution is 0.318. The molecule has 0 saturated heterocycles. The lowest BCUT2D eigenvalue weighted by atomic mass is 10.1. The Balaban J connectivity index is 2.06. The highest BCUT2D eigenvalue weighted by atomic mass is 32.1. The van der Waals surface area contributed by atoms with Gasteiger partial charge in [0.15, 0.2) is 28.8 Å². The third-order valence-electron chi connectivity index (χ3n) is 4.22. The van der Waals surface area contributed by atoms with E-state index < -0.39 is 0 Å². The minimum Gasteiger partial charge on any atom is -0.504 e. The smallest absolute Gasteiger partial charge is 0.216 e. The lowest BCUT2D eigenvalue weighted by Gasteiger charge is -2.13. The average Bonchev–Trinajstić information content (AvgIpc) is 3.13. The van der Waals surface area contributed by atoms with Gasteiger partial charge in [-0.3, -0.25) is 0 Å². The van der Waals surface area contributed by atoms with Gasteiger partial charge in [-0.1, -0.05) is 6.07 Å². The number of nitrogens with zero attached hydrogens (tertiary/aromatic N) is 3. The van der Waals surface area contributed by atoms with Gasteiger partial charge in [-0.15, -0.1) is 0 Å². The zero-order valence-corrected chi connectivity index (χ0v) is 17.8. The summed E-state index contributed by atoms with van der Waals surface area (Å²) in [5.41, 5.74) is 1.11. The number of aromatic amines is 1. The van der Waals surface area contributed by atoms with Gasteiger partial charge in [-0.25, -0.2) is 5.10 Å². The maximum atomic E-state index is 10.4. The Hall–Kier alpha value is -3.53. The van der Waals surface area contributed by atoms with Crippen LogP contribution in [-0.2, 0) is 0 Å². The lowest BCUT2D eigenvalue weighted by Crippen LogP contribution is -1.99. The van der Waals surface area contributed by atoms with Crippen LogP contribution in [0.2, 0.25) is 0 Å².